The third-order valence-electron chi connectivity index (χ3n) is 2.85. The molecule has 0 amide bonds. The van der Waals surface area contributed by atoms with Crippen molar-refractivity contribution in [3.63, 3.8) is 0 Å². The van der Waals surface area contributed by atoms with E-state index in [0.717, 1.165) is 17.4 Å². The molecule has 106 valence electrons. The molecule has 0 radical (unpaired) electrons. The molecule has 0 bridgehead atoms. The summed E-state index contributed by atoms with van der Waals surface area (Å²) >= 11 is 3.40. The summed E-state index contributed by atoms with van der Waals surface area (Å²) in [5.41, 5.74) is 1.19. The van der Waals surface area contributed by atoms with Gasteiger partial charge in [0.15, 0.2) is 0 Å². The van der Waals surface area contributed by atoms with Gasteiger partial charge in [0.05, 0.1) is 17.3 Å². The molecular formula is C15H17BrN2O2. The minimum atomic E-state index is -0.0515. The molecule has 1 aromatic carbocycles. The van der Waals surface area contributed by atoms with Crippen molar-refractivity contribution in [2.45, 2.75) is 26.8 Å². The van der Waals surface area contributed by atoms with Crippen molar-refractivity contribution in [3.05, 3.63) is 46.2 Å². The van der Waals surface area contributed by atoms with E-state index in [1.165, 1.54) is 0 Å². The second kappa shape index (κ2) is 6.70. The molecule has 4 nitrogen and oxygen atoms in total. The molecule has 2 rings (SSSR count). The first-order valence-electron chi connectivity index (χ1n) is 6.66. The Labute approximate surface area is 126 Å². The highest BCUT2D eigenvalue weighted by molar-refractivity contribution is 9.10. The fourth-order valence-electron chi connectivity index (χ4n) is 2.00. The van der Waals surface area contributed by atoms with Crippen LogP contribution in [0.5, 0.6) is 5.75 Å². The number of benzene rings is 1. The molecule has 0 saturated carbocycles. The summed E-state index contributed by atoms with van der Waals surface area (Å²) in [7, 11) is 0. The number of aryl methyl sites for hydroxylation is 1. The first-order chi connectivity index (χ1) is 9.67. The van der Waals surface area contributed by atoms with Crippen LogP contribution in [0.15, 0.2) is 34.9 Å². The van der Waals surface area contributed by atoms with E-state index in [2.05, 4.69) is 28.0 Å². The maximum Gasteiger partial charge on any atom is 0.212 e. The topological polar surface area (TPSA) is 44.1 Å². The lowest BCUT2D eigenvalue weighted by atomic mass is 10.1. The van der Waals surface area contributed by atoms with Crippen molar-refractivity contribution in [3.8, 4) is 5.75 Å². The highest BCUT2D eigenvalue weighted by Crippen LogP contribution is 2.22. The summed E-state index contributed by atoms with van der Waals surface area (Å²) in [5.74, 6) is 0.653. The van der Waals surface area contributed by atoms with Gasteiger partial charge in [-0.2, -0.15) is 5.10 Å². The van der Waals surface area contributed by atoms with E-state index in [9.17, 15) is 4.79 Å². The number of aromatic nitrogens is 2. The molecule has 2 aromatic rings. The SMILES string of the molecule is CCCn1ncc(Br)c1C(=O)c1cccc(OCC)c1. The molecule has 0 aliphatic heterocycles. The number of halogens is 1. The van der Waals surface area contributed by atoms with E-state index >= 15 is 0 Å². The number of hydrogen-bond donors (Lipinski definition) is 0. The van der Waals surface area contributed by atoms with Gasteiger partial charge in [0.25, 0.3) is 0 Å². The molecule has 0 aliphatic rings. The van der Waals surface area contributed by atoms with Crippen LogP contribution in [-0.4, -0.2) is 22.2 Å². The third kappa shape index (κ3) is 3.10. The fourth-order valence-corrected chi connectivity index (χ4v) is 2.48. The van der Waals surface area contributed by atoms with Crippen LogP contribution >= 0.6 is 15.9 Å². The van der Waals surface area contributed by atoms with Gasteiger partial charge in [0, 0.05) is 12.1 Å². The summed E-state index contributed by atoms with van der Waals surface area (Å²) in [6, 6.07) is 7.23. The summed E-state index contributed by atoms with van der Waals surface area (Å²) < 4.78 is 7.89. The van der Waals surface area contributed by atoms with Crippen molar-refractivity contribution in [1.82, 2.24) is 9.78 Å². The predicted molar refractivity (Wildman–Crippen MR) is 81.3 cm³/mol. The molecule has 0 atom stereocenters. The zero-order valence-corrected chi connectivity index (χ0v) is 13.2. The van der Waals surface area contributed by atoms with Gasteiger partial charge in [-0.05, 0) is 41.4 Å². The zero-order valence-electron chi connectivity index (χ0n) is 11.6. The van der Waals surface area contributed by atoms with Crippen LogP contribution in [0.2, 0.25) is 0 Å². The number of ketones is 1. The Bertz CT molecular complexity index is 608. The lowest BCUT2D eigenvalue weighted by Gasteiger charge is -2.08. The van der Waals surface area contributed by atoms with Gasteiger partial charge in [0.2, 0.25) is 5.78 Å². The minimum absolute atomic E-state index is 0.0515. The minimum Gasteiger partial charge on any atom is -0.494 e. The largest absolute Gasteiger partial charge is 0.494 e. The van der Waals surface area contributed by atoms with Crippen molar-refractivity contribution in [2.75, 3.05) is 6.61 Å². The number of carbonyl (C=O) groups excluding carboxylic acids is 1. The van der Waals surface area contributed by atoms with Crippen molar-refractivity contribution in [2.24, 2.45) is 0 Å². The maximum absolute atomic E-state index is 12.6. The Morgan fingerprint density at radius 1 is 1.40 bits per heavy atom. The van der Waals surface area contributed by atoms with E-state index in [-0.39, 0.29) is 5.78 Å². The van der Waals surface area contributed by atoms with Gasteiger partial charge < -0.3 is 4.74 Å². The average molecular weight is 337 g/mol. The van der Waals surface area contributed by atoms with Crippen LogP contribution in [0.25, 0.3) is 0 Å². The summed E-state index contributed by atoms with van der Waals surface area (Å²) in [6.45, 7) is 5.27. The average Bonchev–Trinajstić information content (AvgIpc) is 2.80. The molecule has 0 fully saturated rings. The van der Waals surface area contributed by atoms with Crippen molar-refractivity contribution in [1.29, 1.82) is 0 Å². The van der Waals surface area contributed by atoms with Gasteiger partial charge >= 0.3 is 0 Å². The van der Waals surface area contributed by atoms with Crippen LogP contribution in [0.4, 0.5) is 0 Å². The normalized spacial score (nSPS) is 10.6. The van der Waals surface area contributed by atoms with Gasteiger partial charge in [-0.1, -0.05) is 19.1 Å². The first-order valence-corrected chi connectivity index (χ1v) is 7.45. The van der Waals surface area contributed by atoms with E-state index < -0.39 is 0 Å². The summed E-state index contributed by atoms with van der Waals surface area (Å²) in [4.78, 5) is 12.6. The van der Waals surface area contributed by atoms with Crippen LogP contribution < -0.4 is 4.74 Å². The quantitative estimate of drug-likeness (QED) is 0.755. The Kier molecular flexibility index (Phi) is 4.95. The molecule has 0 aliphatic carbocycles. The highest BCUT2D eigenvalue weighted by Gasteiger charge is 2.19. The number of rotatable bonds is 6. The van der Waals surface area contributed by atoms with Crippen LogP contribution in [0.3, 0.4) is 0 Å². The first kappa shape index (κ1) is 14.8. The number of nitrogens with zero attached hydrogens (tertiary/aromatic N) is 2. The maximum atomic E-state index is 12.6. The Hall–Kier alpha value is -1.62. The van der Waals surface area contributed by atoms with Crippen LogP contribution in [0.1, 0.15) is 36.3 Å². The Balaban J connectivity index is 2.36. The number of ether oxygens (including phenoxy) is 1. The molecule has 0 N–H and O–H groups in total. The van der Waals surface area contributed by atoms with E-state index in [1.807, 2.05) is 19.1 Å². The summed E-state index contributed by atoms with van der Waals surface area (Å²) in [5, 5.41) is 4.23. The predicted octanol–water partition coefficient (Wildman–Crippen LogP) is 3.69. The van der Waals surface area contributed by atoms with Gasteiger partial charge in [-0.25, -0.2) is 0 Å². The third-order valence-corrected chi connectivity index (χ3v) is 3.43. The smallest absolute Gasteiger partial charge is 0.212 e. The molecule has 0 saturated heterocycles. The molecular weight excluding hydrogens is 320 g/mol. The summed E-state index contributed by atoms with van der Waals surface area (Å²) in [6.07, 6.45) is 2.59. The fraction of sp³-hybridized carbons (Fsp3) is 0.333. The van der Waals surface area contributed by atoms with Gasteiger partial charge in [0.1, 0.15) is 11.4 Å². The second-order valence-corrected chi connectivity index (χ2v) is 5.21. The van der Waals surface area contributed by atoms with E-state index in [4.69, 9.17) is 4.74 Å². The van der Waals surface area contributed by atoms with Crippen molar-refractivity contribution >= 4 is 21.7 Å². The van der Waals surface area contributed by atoms with Crippen LogP contribution in [-0.2, 0) is 6.54 Å². The molecule has 1 aromatic heterocycles. The number of carbonyl (C=O) groups is 1. The van der Waals surface area contributed by atoms with E-state index in [0.29, 0.717) is 23.6 Å². The zero-order chi connectivity index (χ0) is 14.5. The highest BCUT2D eigenvalue weighted by atomic mass is 79.9. The molecule has 1 heterocycles. The molecule has 5 heteroatoms. The van der Waals surface area contributed by atoms with Gasteiger partial charge in [-0.15, -0.1) is 0 Å². The standard InChI is InChI=1S/C15H17BrN2O2/c1-3-8-18-14(13(16)10-17-18)15(19)11-6-5-7-12(9-11)20-4-2/h5-7,9-10H,3-4,8H2,1-2H3. The van der Waals surface area contributed by atoms with Crippen molar-refractivity contribution < 1.29 is 9.53 Å². The molecule has 20 heavy (non-hydrogen) atoms. The second-order valence-electron chi connectivity index (χ2n) is 4.35. The Morgan fingerprint density at radius 3 is 2.90 bits per heavy atom. The number of hydrogen-bond acceptors (Lipinski definition) is 3. The van der Waals surface area contributed by atoms with Crippen LogP contribution in [0, 0.1) is 0 Å². The molecule has 0 spiro atoms. The monoisotopic (exact) mass is 336 g/mol. The van der Waals surface area contributed by atoms with Gasteiger partial charge in [-0.3, -0.25) is 9.48 Å². The molecule has 0 unspecified atom stereocenters. The lowest BCUT2D eigenvalue weighted by Crippen LogP contribution is -2.12. The van der Waals surface area contributed by atoms with E-state index in [1.54, 1.807) is 23.0 Å². The lowest BCUT2D eigenvalue weighted by molar-refractivity contribution is 0.102. The Morgan fingerprint density at radius 2 is 2.20 bits per heavy atom.